The van der Waals surface area contributed by atoms with Gasteiger partial charge >= 0.3 is 45.2 Å². The molecular formula is C2H11N2NaO7P2. The molecule has 0 aromatic heterocycles. The van der Waals surface area contributed by atoms with E-state index in [2.05, 4.69) is 8.94 Å². The molecule has 0 saturated carbocycles. The van der Waals surface area contributed by atoms with Crippen LogP contribution in [0.4, 0.5) is 0 Å². The Morgan fingerprint density at radius 2 is 1.79 bits per heavy atom. The number of nitrogens with two attached hydrogens (primary N) is 1. The molecule has 0 aromatic rings. The molecule has 1 atom stereocenters. The van der Waals surface area contributed by atoms with E-state index in [1.807, 2.05) is 5.48 Å². The van der Waals surface area contributed by atoms with Crippen LogP contribution in [0.1, 0.15) is 0 Å². The van der Waals surface area contributed by atoms with Crippen LogP contribution in [0.2, 0.25) is 0 Å². The monoisotopic (exact) mass is 260 g/mol. The van der Waals surface area contributed by atoms with Gasteiger partial charge in [0, 0.05) is 13.1 Å². The number of nitrogens with one attached hydrogen (secondary N) is 1. The van der Waals surface area contributed by atoms with E-state index in [-0.39, 0.29) is 42.6 Å². The number of hydrogen-bond acceptors (Lipinski definition) is 6. The van der Waals surface area contributed by atoms with Gasteiger partial charge in [-0.2, -0.15) is 14.4 Å². The van der Waals surface area contributed by atoms with Gasteiger partial charge in [0.15, 0.2) is 0 Å². The molecule has 0 aromatic carbocycles. The first-order valence-electron chi connectivity index (χ1n) is 2.98. The fraction of sp³-hybridized carbons (Fsp3) is 1.00. The van der Waals surface area contributed by atoms with Gasteiger partial charge in [0.25, 0.3) is 0 Å². The average Bonchev–Trinajstić information content (AvgIpc) is 1.81. The number of hydrogen-bond donors (Lipinski definition) is 5. The summed E-state index contributed by atoms with van der Waals surface area (Å²) in [5.41, 5.74) is 6.87. The SMILES string of the molecule is NCCNOP(=O)(O)OP(=O)(O)O.[NaH]. The van der Waals surface area contributed by atoms with Gasteiger partial charge in [-0.3, -0.25) is 0 Å². The fourth-order valence-corrected chi connectivity index (χ4v) is 1.80. The van der Waals surface area contributed by atoms with Crippen LogP contribution in [0.3, 0.4) is 0 Å². The molecule has 0 spiro atoms. The van der Waals surface area contributed by atoms with Crippen LogP contribution >= 0.6 is 15.6 Å². The molecule has 9 nitrogen and oxygen atoms in total. The number of rotatable bonds is 6. The minimum absolute atomic E-state index is 0. The van der Waals surface area contributed by atoms with E-state index in [4.69, 9.17) is 20.4 Å². The van der Waals surface area contributed by atoms with Gasteiger partial charge in [0.2, 0.25) is 0 Å². The minimum atomic E-state index is -5.05. The standard InChI is InChI=1S/C2H10N2O7P2.Na.H/c3-1-2-4-10-13(8,9)11-12(5,6)7;;/h4H,1-3H2,(H,8,9)(H2,5,6,7);;. The Bertz CT molecular complexity index is 242. The third-order valence-electron chi connectivity index (χ3n) is 0.636. The molecule has 0 saturated heterocycles. The average molecular weight is 260 g/mol. The van der Waals surface area contributed by atoms with Crippen LogP contribution in [0.25, 0.3) is 0 Å². The molecule has 0 aliphatic heterocycles. The first-order valence-corrected chi connectivity index (χ1v) is 6.00. The van der Waals surface area contributed by atoms with E-state index in [9.17, 15) is 9.13 Å². The van der Waals surface area contributed by atoms with Crippen LogP contribution < -0.4 is 11.2 Å². The quantitative estimate of drug-likeness (QED) is 0.158. The molecular weight excluding hydrogens is 249 g/mol. The zero-order valence-electron chi connectivity index (χ0n) is 6.36. The van der Waals surface area contributed by atoms with Gasteiger partial charge in [0.05, 0.1) is 0 Å². The zero-order valence-corrected chi connectivity index (χ0v) is 8.15. The summed E-state index contributed by atoms with van der Waals surface area (Å²) in [5, 5.41) is 0. The van der Waals surface area contributed by atoms with Gasteiger partial charge in [-0.15, -0.1) is 0 Å². The Morgan fingerprint density at radius 3 is 2.14 bits per heavy atom. The van der Waals surface area contributed by atoms with E-state index in [0.29, 0.717) is 0 Å². The van der Waals surface area contributed by atoms with Gasteiger partial charge < -0.3 is 20.4 Å². The molecule has 6 N–H and O–H groups in total. The Hall–Kier alpha value is 1.18. The van der Waals surface area contributed by atoms with E-state index < -0.39 is 15.6 Å². The van der Waals surface area contributed by atoms with Crippen LogP contribution in [0, 0.1) is 0 Å². The third kappa shape index (κ3) is 11.3. The maximum atomic E-state index is 10.6. The normalized spacial score (nSPS) is 15.7. The van der Waals surface area contributed by atoms with Crippen LogP contribution in [0.5, 0.6) is 0 Å². The van der Waals surface area contributed by atoms with Crippen LogP contribution in [0.15, 0.2) is 0 Å². The molecule has 0 aliphatic rings. The van der Waals surface area contributed by atoms with Gasteiger partial charge in [0.1, 0.15) is 0 Å². The summed E-state index contributed by atoms with van der Waals surface area (Å²) in [5.74, 6) is 0. The van der Waals surface area contributed by atoms with Crippen molar-refractivity contribution in [2.45, 2.75) is 0 Å². The molecule has 0 heterocycles. The Balaban J connectivity index is 0. The van der Waals surface area contributed by atoms with Crippen LogP contribution in [-0.2, 0) is 18.1 Å². The van der Waals surface area contributed by atoms with Crippen molar-refractivity contribution < 1.29 is 32.7 Å². The van der Waals surface area contributed by atoms with Crippen LogP contribution in [-0.4, -0.2) is 57.3 Å². The maximum absolute atomic E-state index is 10.6. The fourth-order valence-electron chi connectivity index (χ4n) is 0.337. The van der Waals surface area contributed by atoms with Crippen molar-refractivity contribution in [3.05, 3.63) is 0 Å². The Morgan fingerprint density at radius 1 is 1.29 bits per heavy atom. The molecule has 0 amide bonds. The van der Waals surface area contributed by atoms with Crippen molar-refractivity contribution in [2.75, 3.05) is 13.1 Å². The van der Waals surface area contributed by atoms with Crippen molar-refractivity contribution in [1.29, 1.82) is 0 Å². The molecule has 12 heteroatoms. The summed E-state index contributed by atoms with van der Waals surface area (Å²) in [6, 6.07) is 0. The van der Waals surface area contributed by atoms with E-state index in [1.54, 1.807) is 0 Å². The summed E-state index contributed by atoms with van der Waals surface area (Å²) < 4.78 is 28.0. The van der Waals surface area contributed by atoms with Gasteiger partial charge in [-0.05, 0) is 0 Å². The van der Waals surface area contributed by atoms with E-state index in [1.165, 1.54) is 0 Å². The number of phosphoric acid groups is 2. The first-order chi connectivity index (χ1) is 5.77. The van der Waals surface area contributed by atoms with Crippen molar-refractivity contribution in [1.82, 2.24) is 5.48 Å². The van der Waals surface area contributed by atoms with E-state index in [0.717, 1.165) is 0 Å². The second kappa shape index (κ2) is 7.45. The van der Waals surface area contributed by atoms with Gasteiger partial charge in [-0.25, -0.2) is 9.13 Å². The first kappa shape index (κ1) is 17.6. The zero-order chi connectivity index (χ0) is 10.5. The molecule has 82 valence electrons. The predicted molar refractivity (Wildman–Crippen MR) is 48.2 cm³/mol. The Labute approximate surface area is 102 Å². The van der Waals surface area contributed by atoms with Crippen molar-refractivity contribution in [3.8, 4) is 0 Å². The summed E-state index contributed by atoms with van der Waals surface area (Å²) in [4.78, 5) is 24.9. The topological polar surface area (TPSA) is 151 Å². The molecule has 0 fully saturated rings. The molecule has 0 radical (unpaired) electrons. The summed E-state index contributed by atoms with van der Waals surface area (Å²) >= 11 is 0. The molecule has 1 unspecified atom stereocenters. The van der Waals surface area contributed by atoms with Gasteiger partial charge in [-0.1, -0.05) is 0 Å². The molecule has 0 aliphatic carbocycles. The molecule has 14 heavy (non-hydrogen) atoms. The van der Waals surface area contributed by atoms with E-state index >= 15 is 0 Å². The second-order valence-corrected chi connectivity index (χ2v) is 4.57. The third-order valence-corrected chi connectivity index (χ3v) is 2.67. The summed E-state index contributed by atoms with van der Waals surface area (Å²) in [7, 11) is -9.82. The Kier molecular flexibility index (Phi) is 9.35. The summed E-state index contributed by atoms with van der Waals surface area (Å²) in [6.45, 7) is 0.158. The van der Waals surface area contributed by atoms with Crippen molar-refractivity contribution in [2.24, 2.45) is 5.73 Å². The second-order valence-electron chi connectivity index (χ2n) is 1.82. The predicted octanol–water partition coefficient (Wildman–Crippen LogP) is -1.97. The molecule has 0 bridgehead atoms. The molecule has 0 rings (SSSR count). The number of hydroxylamine groups is 1. The summed E-state index contributed by atoms with van der Waals surface area (Å²) in [6.07, 6.45) is 0. The van der Waals surface area contributed by atoms with Crippen molar-refractivity contribution in [3.63, 3.8) is 0 Å². The van der Waals surface area contributed by atoms with Crippen molar-refractivity contribution >= 4 is 45.2 Å².